The topological polar surface area (TPSA) is 43.4 Å². The number of esters is 1. The van der Waals surface area contributed by atoms with Crippen molar-refractivity contribution in [3.63, 3.8) is 0 Å². The molecule has 5 heteroatoms. The molecule has 0 heterocycles. The van der Waals surface area contributed by atoms with Gasteiger partial charge in [-0.3, -0.25) is 9.59 Å². The molecule has 1 rings (SSSR count). The van der Waals surface area contributed by atoms with Gasteiger partial charge in [-0.15, -0.1) is 0 Å². The van der Waals surface area contributed by atoms with Crippen molar-refractivity contribution in [2.45, 2.75) is 33.3 Å². The van der Waals surface area contributed by atoms with Crippen LogP contribution in [0.4, 0.5) is 4.39 Å². The van der Waals surface area contributed by atoms with Crippen LogP contribution in [0.2, 0.25) is 5.02 Å². The normalized spacial score (nSPS) is 12.9. The molecule has 3 nitrogen and oxygen atoms in total. The summed E-state index contributed by atoms with van der Waals surface area (Å²) in [6.07, 6.45) is 0. The van der Waals surface area contributed by atoms with E-state index in [1.165, 1.54) is 19.1 Å². The molecule has 1 atom stereocenters. The van der Waals surface area contributed by atoms with Crippen molar-refractivity contribution in [3.8, 4) is 0 Å². The minimum atomic E-state index is -1.08. The average molecular weight is 287 g/mol. The summed E-state index contributed by atoms with van der Waals surface area (Å²) in [5, 5.41) is 0.237. The molecule has 104 valence electrons. The zero-order valence-corrected chi connectivity index (χ0v) is 12.0. The molecule has 0 aliphatic carbocycles. The number of benzene rings is 1. The first kappa shape index (κ1) is 15.6. The lowest BCUT2D eigenvalue weighted by Gasteiger charge is -2.21. The second kappa shape index (κ2) is 5.70. The Morgan fingerprint density at radius 3 is 2.42 bits per heavy atom. The molecule has 1 aromatic rings. The fraction of sp³-hybridized carbons (Fsp3) is 0.429. The molecule has 19 heavy (non-hydrogen) atoms. The maximum absolute atomic E-state index is 13.6. The molecule has 1 unspecified atom stereocenters. The summed E-state index contributed by atoms with van der Waals surface area (Å²) < 4.78 is 18.6. The van der Waals surface area contributed by atoms with Crippen LogP contribution >= 0.6 is 11.6 Å². The average Bonchev–Trinajstić information content (AvgIpc) is 2.28. The van der Waals surface area contributed by atoms with E-state index >= 15 is 0 Å². The van der Waals surface area contributed by atoms with Crippen LogP contribution in [0.25, 0.3) is 0 Å². The molecule has 1 aromatic carbocycles. The van der Waals surface area contributed by atoms with Gasteiger partial charge >= 0.3 is 5.97 Å². The van der Waals surface area contributed by atoms with Gasteiger partial charge in [0.2, 0.25) is 0 Å². The Morgan fingerprint density at radius 2 is 1.89 bits per heavy atom. The maximum Gasteiger partial charge on any atom is 0.317 e. The number of carbonyl (C=O) groups excluding carboxylic acids is 2. The Morgan fingerprint density at radius 1 is 1.32 bits per heavy atom. The predicted octanol–water partition coefficient (Wildman–Crippen LogP) is 3.64. The summed E-state index contributed by atoms with van der Waals surface area (Å²) in [7, 11) is 0. The van der Waals surface area contributed by atoms with E-state index in [9.17, 15) is 14.0 Å². The van der Waals surface area contributed by atoms with Gasteiger partial charge in [0.1, 0.15) is 17.3 Å². The Kier molecular flexibility index (Phi) is 4.69. The fourth-order valence-corrected chi connectivity index (χ4v) is 1.59. The van der Waals surface area contributed by atoms with Gasteiger partial charge in [0.15, 0.2) is 5.78 Å². The Balaban J connectivity index is 2.94. The minimum Gasteiger partial charge on any atom is -0.459 e. The van der Waals surface area contributed by atoms with E-state index in [0.29, 0.717) is 0 Å². The first-order chi connectivity index (χ1) is 8.61. The van der Waals surface area contributed by atoms with Crippen LogP contribution < -0.4 is 0 Å². The van der Waals surface area contributed by atoms with Gasteiger partial charge in [-0.1, -0.05) is 11.6 Å². The number of Topliss-reactive ketones (excluding diaryl/α,β-unsaturated/α-hetero) is 1. The van der Waals surface area contributed by atoms with Gasteiger partial charge in [-0.2, -0.15) is 0 Å². The third kappa shape index (κ3) is 4.31. The van der Waals surface area contributed by atoms with Crippen LogP contribution in [0, 0.1) is 11.7 Å². The van der Waals surface area contributed by atoms with Crippen LogP contribution in [0.1, 0.15) is 38.1 Å². The maximum atomic E-state index is 13.6. The molecule has 0 amide bonds. The van der Waals surface area contributed by atoms with E-state index in [1.807, 2.05) is 0 Å². The van der Waals surface area contributed by atoms with Crippen molar-refractivity contribution in [2.75, 3.05) is 0 Å². The molecular formula is C14H16ClFO3. The molecule has 0 radical (unpaired) electrons. The summed E-state index contributed by atoms with van der Waals surface area (Å²) in [6.45, 7) is 6.48. The van der Waals surface area contributed by atoms with Gasteiger partial charge in [-0.05, 0) is 45.9 Å². The second-order valence-electron chi connectivity index (χ2n) is 5.24. The highest BCUT2D eigenvalue weighted by atomic mass is 35.5. The minimum absolute atomic E-state index is 0.203. The zero-order chi connectivity index (χ0) is 14.8. The molecular weight excluding hydrogens is 271 g/mol. The number of carbonyl (C=O) groups is 2. The standard InChI is InChI=1S/C14H16ClFO3/c1-8(13(18)19-14(2,3)4)12(17)10-7-9(15)5-6-11(10)16/h5-8H,1-4H3. The second-order valence-corrected chi connectivity index (χ2v) is 5.68. The van der Waals surface area contributed by atoms with Crippen LogP contribution in [-0.4, -0.2) is 17.4 Å². The van der Waals surface area contributed by atoms with Crippen molar-refractivity contribution in [3.05, 3.63) is 34.6 Å². The van der Waals surface area contributed by atoms with E-state index in [-0.39, 0.29) is 10.6 Å². The van der Waals surface area contributed by atoms with E-state index in [0.717, 1.165) is 6.07 Å². The summed E-state index contributed by atoms with van der Waals surface area (Å²) in [6, 6.07) is 3.64. The molecule has 0 aliphatic rings. The summed E-state index contributed by atoms with van der Waals surface area (Å²) in [5.74, 6) is -3.11. The molecule has 0 spiro atoms. The van der Waals surface area contributed by atoms with Crippen LogP contribution in [0.3, 0.4) is 0 Å². The van der Waals surface area contributed by atoms with Crippen molar-refractivity contribution in [2.24, 2.45) is 5.92 Å². The third-order valence-electron chi connectivity index (χ3n) is 2.35. The van der Waals surface area contributed by atoms with Crippen molar-refractivity contribution in [1.29, 1.82) is 0 Å². The zero-order valence-electron chi connectivity index (χ0n) is 11.3. The highest BCUT2D eigenvalue weighted by Crippen LogP contribution is 2.20. The fourth-order valence-electron chi connectivity index (χ4n) is 1.42. The highest BCUT2D eigenvalue weighted by molar-refractivity contribution is 6.31. The smallest absolute Gasteiger partial charge is 0.317 e. The van der Waals surface area contributed by atoms with Crippen molar-refractivity contribution >= 4 is 23.4 Å². The number of rotatable bonds is 3. The van der Waals surface area contributed by atoms with E-state index < -0.39 is 29.1 Å². The van der Waals surface area contributed by atoms with Crippen LogP contribution in [0.5, 0.6) is 0 Å². The quantitative estimate of drug-likeness (QED) is 0.484. The molecule has 0 bridgehead atoms. The number of ether oxygens (including phenoxy) is 1. The lowest BCUT2D eigenvalue weighted by molar-refractivity contribution is -0.157. The van der Waals surface area contributed by atoms with Crippen molar-refractivity contribution < 1.29 is 18.7 Å². The third-order valence-corrected chi connectivity index (χ3v) is 2.58. The molecule has 0 saturated carbocycles. The lowest BCUT2D eigenvalue weighted by Crippen LogP contribution is -2.31. The molecule has 0 fully saturated rings. The van der Waals surface area contributed by atoms with E-state index in [2.05, 4.69) is 0 Å². The summed E-state index contributed by atoms with van der Waals surface area (Å²) in [5.41, 5.74) is -0.899. The monoisotopic (exact) mass is 286 g/mol. The lowest BCUT2D eigenvalue weighted by atomic mass is 9.98. The number of ketones is 1. The number of hydrogen-bond acceptors (Lipinski definition) is 3. The van der Waals surface area contributed by atoms with Gasteiger partial charge in [0, 0.05) is 5.02 Å². The van der Waals surface area contributed by atoms with Crippen LogP contribution in [-0.2, 0) is 9.53 Å². The molecule has 0 N–H and O–H groups in total. The van der Waals surface area contributed by atoms with Gasteiger partial charge in [-0.25, -0.2) is 4.39 Å². The predicted molar refractivity (Wildman–Crippen MR) is 70.7 cm³/mol. The first-order valence-corrected chi connectivity index (χ1v) is 6.22. The van der Waals surface area contributed by atoms with Gasteiger partial charge < -0.3 is 4.74 Å². The number of hydrogen-bond donors (Lipinski definition) is 0. The number of halogens is 2. The Hall–Kier alpha value is -1.42. The largest absolute Gasteiger partial charge is 0.459 e. The van der Waals surface area contributed by atoms with Crippen molar-refractivity contribution in [1.82, 2.24) is 0 Å². The van der Waals surface area contributed by atoms with Gasteiger partial charge in [0.05, 0.1) is 5.56 Å². The molecule has 0 aromatic heterocycles. The highest BCUT2D eigenvalue weighted by Gasteiger charge is 2.29. The molecule has 0 aliphatic heterocycles. The van der Waals surface area contributed by atoms with E-state index in [1.54, 1.807) is 20.8 Å². The SMILES string of the molecule is CC(C(=O)OC(C)(C)C)C(=O)c1cc(Cl)ccc1F. The van der Waals surface area contributed by atoms with Gasteiger partial charge in [0.25, 0.3) is 0 Å². The Labute approximate surface area is 116 Å². The summed E-state index contributed by atoms with van der Waals surface area (Å²) >= 11 is 5.72. The Bertz CT molecular complexity index is 506. The van der Waals surface area contributed by atoms with E-state index in [4.69, 9.17) is 16.3 Å². The first-order valence-electron chi connectivity index (χ1n) is 5.84. The van der Waals surface area contributed by atoms with Crippen LogP contribution in [0.15, 0.2) is 18.2 Å². The summed E-state index contributed by atoms with van der Waals surface area (Å²) in [4.78, 5) is 23.8. The molecule has 0 saturated heterocycles.